The van der Waals surface area contributed by atoms with Crippen LogP contribution < -0.4 is 5.32 Å². The Bertz CT molecular complexity index is 653. The molecule has 7 heteroatoms. The van der Waals surface area contributed by atoms with Crippen LogP contribution in [0.5, 0.6) is 0 Å². The zero-order valence-electron chi connectivity index (χ0n) is 14.5. The van der Waals surface area contributed by atoms with Gasteiger partial charge in [-0.1, -0.05) is 0 Å². The molecular formula is C17H25N3O3S. The van der Waals surface area contributed by atoms with Crippen LogP contribution in [-0.2, 0) is 10.3 Å². The fraction of sp³-hybridized carbons (Fsp3) is 0.706. The van der Waals surface area contributed by atoms with Gasteiger partial charge in [-0.25, -0.2) is 4.79 Å². The summed E-state index contributed by atoms with van der Waals surface area (Å²) in [5.74, 6) is 0.632. The Labute approximate surface area is 146 Å². The third-order valence-electron chi connectivity index (χ3n) is 4.71. The number of hydrogen-bond donors (Lipinski definition) is 2. The Morgan fingerprint density at radius 3 is 2.46 bits per heavy atom. The third kappa shape index (κ3) is 3.31. The highest BCUT2D eigenvalue weighted by Crippen LogP contribution is 2.41. The molecule has 24 heavy (non-hydrogen) atoms. The molecule has 132 valence electrons. The number of nitrogens with zero attached hydrogens (tertiary/aromatic N) is 2. The molecule has 1 saturated carbocycles. The van der Waals surface area contributed by atoms with E-state index in [1.807, 2.05) is 10.7 Å². The van der Waals surface area contributed by atoms with Gasteiger partial charge in [-0.15, -0.1) is 0 Å². The van der Waals surface area contributed by atoms with Crippen LogP contribution in [-0.4, -0.2) is 43.8 Å². The number of carbonyl (C=O) groups is 2. The van der Waals surface area contributed by atoms with Crippen molar-refractivity contribution in [2.45, 2.75) is 63.5 Å². The maximum absolute atomic E-state index is 12.7. The van der Waals surface area contributed by atoms with Gasteiger partial charge in [-0.2, -0.15) is 16.9 Å². The van der Waals surface area contributed by atoms with Crippen molar-refractivity contribution < 1.29 is 14.7 Å². The molecule has 2 fully saturated rings. The standard InChI is InChI=1S/C17H25N3O3S/c1-16(2,3)20-13(11-4-5-11)10-12(19-20)14(21)18-17(15(22)23)6-8-24-9-7-17/h10-11H,4-9H2,1-3H3,(H,18,21)(H,22,23). The summed E-state index contributed by atoms with van der Waals surface area (Å²) in [6.07, 6.45) is 3.15. The van der Waals surface area contributed by atoms with Crippen molar-refractivity contribution in [3.8, 4) is 0 Å². The van der Waals surface area contributed by atoms with Gasteiger partial charge in [0.2, 0.25) is 0 Å². The lowest BCUT2D eigenvalue weighted by molar-refractivity contribution is -0.144. The van der Waals surface area contributed by atoms with E-state index in [9.17, 15) is 14.7 Å². The van der Waals surface area contributed by atoms with Gasteiger partial charge in [-0.3, -0.25) is 9.48 Å². The molecule has 2 aliphatic rings. The van der Waals surface area contributed by atoms with Crippen molar-refractivity contribution >= 4 is 23.6 Å². The number of hydrogen-bond acceptors (Lipinski definition) is 4. The molecule has 3 rings (SSSR count). The second-order valence-corrected chi connectivity index (χ2v) is 8.99. The molecule has 1 aromatic rings. The lowest BCUT2D eigenvalue weighted by atomic mass is 9.92. The smallest absolute Gasteiger partial charge is 0.329 e. The second-order valence-electron chi connectivity index (χ2n) is 7.77. The van der Waals surface area contributed by atoms with Gasteiger partial charge in [0.15, 0.2) is 5.69 Å². The van der Waals surface area contributed by atoms with Crippen molar-refractivity contribution in [1.82, 2.24) is 15.1 Å². The van der Waals surface area contributed by atoms with E-state index in [1.54, 1.807) is 11.8 Å². The van der Waals surface area contributed by atoms with E-state index < -0.39 is 11.5 Å². The molecule has 0 aromatic carbocycles. The van der Waals surface area contributed by atoms with Crippen molar-refractivity contribution in [1.29, 1.82) is 0 Å². The first-order valence-electron chi connectivity index (χ1n) is 8.47. The summed E-state index contributed by atoms with van der Waals surface area (Å²) >= 11 is 1.73. The maximum Gasteiger partial charge on any atom is 0.329 e. The number of carboxylic acid groups (broad SMARTS) is 1. The normalized spacial score (nSPS) is 20.6. The van der Waals surface area contributed by atoms with Gasteiger partial charge < -0.3 is 10.4 Å². The summed E-state index contributed by atoms with van der Waals surface area (Å²) in [5.41, 5.74) is 0.0395. The molecule has 1 amide bonds. The summed E-state index contributed by atoms with van der Waals surface area (Å²) in [6, 6.07) is 1.84. The first-order valence-corrected chi connectivity index (χ1v) is 9.62. The predicted molar refractivity (Wildman–Crippen MR) is 93.6 cm³/mol. The van der Waals surface area contributed by atoms with E-state index >= 15 is 0 Å². The van der Waals surface area contributed by atoms with Crippen LogP contribution in [0.3, 0.4) is 0 Å². The van der Waals surface area contributed by atoms with Crippen molar-refractivity contribution in [3.05, 3.63) is 17.5 Å². The van der Waals surface area contributed by atoms with Gasteiger partial charge in [-0.05, 0) is 64.0 Å². The zero-order chi connectivity index (χ0) is 17.5. The molecular weight excluding hydrogens is 326 g/mol. The lowest BCUT2D eigenvalue weighted by Gasteiger charge is -2.33. The Balaban J connectivity index is 1.86. The maximum atomic E-state index is 12.7. The van der Waals surface area contributed by atoms with Gasteiger partial charge in [0, 0.05) is 11.6 Å². The number of carboxylic acids is 1. The summed E-state index contributed by atoms with van der Waals surface area (Å²) in [5, 5.41) is 16.9. The zero-order valence-corrected chi connectivity index (χ0v) is 15.3. The minimum absolute atomic E-state index is 0.206. The highest BCUT2D eigenvalue weighted by molar-refractivity contribution is 7.99. The molecule has 0 atom stereocenters. The van der Waals surface area contributed by atoms with Crippen LogP contribution in [0.4, 0.5) is 0 Å². The lowest BCUT2D eigenvalue weighted by Crippen LogP contribution is -2.56. The number of carbonyl (C=O) groups excluding carboxylic acids is 1. The first-order chi connectivity index (χ1) is 11.2. The molecule has 1 aromatic heterocycles. The van der Waals surface area contributed by atoms with E-state index in [4.69, 9.17) is 0 Å². The number of thioether (sulfide) groups is 1. The highest BCUT2D eigenvalue weighted by atomic mass is 32.2. The van der Waals surface area contributed by atoms with E-state index in [2.05, 4.69) is 31.2 Å². The summed E-state index contributed by atoms with van der Waals surface area (Å²) in [4.78, 5) is 24.4. The molecule has 0 radical (unpaired) electrons. The summed E-state index contributed by atoms with van der Waals surface area (Å²) in [7, 11) is 0. The molecule has 2 N–H and O–H groups in total. The van der Waals surface area contributed by atoms with E-state index in [0.29, 0.717) is 24.5 Å². The number of amides is 1. The van der Waals surface area contributed by atoms with Crippen LogP contribution in [0.1, 0.15) is 68.6 Å². The van der Waals surface area contributed by atoms with E-state index in [-0.39, 0.29) is 11.4 Å². The molecule has 1 aliphatic carbocycles. The van der Waals surface area contributed by atoms with Crippen molar-refractivity contribution in [3.63, 3.8) is 0 Å². The monoisotopic (exact) mass is 351 g/mol. The minimum atomic E-state index is -1.16. The predicted octanol–water partition coefficient (Wildman–Crippen LogP) is 2.60. The molecule has 0 unspecified atom stereocenters. The average molecular weight is 351 g/mol. The molecule has 2 heterocycles. The van der Waals surface area contributed by atoms with Gasteiger partial charge in [0.1, 0.15) is 5.54 Å². The van der Waals surface area contributed by atoms with Crippen LogP contribution in [0.2, 0.25) is 0 Å². The fourth-order valence-electron chi connectivity index (χ4n) is 3.11. The van der Waals surface area contributed by atoms with E-state index in [1.165, 1.54) is 0 Å². The van der Waals surface area contributed by atoms with Crippen molar-refractivity contribution in [2.24, 2.45) is 0 Å². The quantitative estimate of drug-likeness (QED) is 0.871. The first kappa shape index (κ1) is 17.3. The summed E-state index contributed by atoms with van der Waals surface area (Å²) < 4.78 is 1.92. The van der Waals surface area contributed by atoms with Crippen LogP contribution in [0.25, 0.3) is 0 Å². The van der Waals surface area contributed by atoms with Crippen LogP contribution in [0.15, 0.2) is 6.07 Å². The third-order valence-corrected chi connectivity index (χ3v) is 5.69. The number of nitrogens with one attached hydrogen (secondary N) is 1. The molecule has 1 aliphatic heterocycles. The van der Waals surface area contributed by atoms with Gasteiger partial charge in [0.05, 0.1) is 5.54 Å². The molecule has 0 spiro atoms. The van der Waals surface area contributed by atoms with Crippen molar-refractivity contribution in [2.75, 3.05) is 11.5 Å². The van der Waals surface area contributed by atoms with Gasteiger partial charge in [0.25, 0.3) is 5.91 Å². The Morgan fingerprint density at radius 1 is 1.33 bits per heavy atom. The SMILES string of the molecule is CC(C)(C)n1nc(C(=O)NC2(C(=O)O)CCSCC2)cc1C1CC1. The van der Waals surface area contributed by atoms with E-state index in [0.717, 1.165) is 30.0 Å². The molecule has 6 nitrogen and oxygen atoms in total. The van der Waals surface area contributed by atoms with Gasteiger partial charge >= 0.3 is 5.97 Å². The topological polar surface area (TPSA) is 84.2 Å². The molecule has 1 saturated heterocycles. The minimum Gasteiger partial charge on any atom is -0.480 e. The number of rotatable bonds is 4. The highest BCUT2D eigenvalue weighted by Gasteiger charge is 2.42. The summed E-state index contributed by atoms with van der Waals surface area (Å²) in [6.45, 7) is 6.18. The van der Waals surface area contributed by atoms with Crippen LogP contribution >= 0.6 is 11.8 Å². The average Bonchev–Trinajstić information content (AvgIpc) is 3.24. The Kier molecular flexibility index (Phi) is 4.40. The number of aromatic nitrogens is 2. The Hall–Kier alpha value is -1.50. The second kappa shape index (κ2) is 6.10. The van der Waals surface area contributed by atoms with Crippen LogP contribution in [0, 0.1) is 0 Å². The largest absolute Gasteiger partial charge is 0.480 e. The fourth-order valence-corrected chi connectivity index (χ4v) is 4.30. The number of aliphatic carboxylic acids is 1. The Morgan fingerprint density at radius 2 is 1.96 bits per heavy atom. The molecule has 0 bridgehead atoms.